The molecule has 362 valence electrons. The monoisotopic (exact) mass is 992 g/mol. The predicted octanol–water partition coefficient (Wildman–Crippen LogP) is 10.3. The highest BCUT2D eigenvalue weighted by Gasteiger charge is 2.96. The number of hydrogen-bond acceptors (Lipinski definition) is 2. The Morgan fingerprint density at radius 3 is 0.710 bits per heavy atom. The lowest BCUT2D eigenvalue weighted by Crippen LogP contribution is -2.74. The van der Waals surface area contributed by atoms with E-state index in [2.05, 4.69) is 0 Å². The first kappa shape index (κ1) is 55.9. The predicted molar refractivity (Wildman–Crippen MR) is 131 cm³/mol. The molecule has 0 saturated carbocycles. The fourth-order valence-corrected chi connectivity index (χ4v) is 3.92. The molecule has 1 aromatic carbocycles. The maximum absolute atomic E-state index is 14.1. The molecule has 2 amide bonds. The topological polar surface area (TPSA) is 58.2 Å². The van der Waals surface area contributed by atoms with Crippen LogP contribution in [0.4, 0.5) is 140 Å². The van der Waals surface area contributed by atoms with Crippen molar-refractivity contribution in [1.82, 2.24) is 10.6 Å². The number of nitrogens with one attached hydrogen (secondary N) is 2. The Kier molecular flexibility index (Phi) is 14.3. The molecule has 0 aliphatic carbocycles. The first-order valence-electron chi connectivity index (χ1n) is 14.4. The second-order valence-corrected chi connectivity index (χ2v) is 11.9. The zero-order valence-electron chi connectivity index (χ0n) is 27.8. The molecular formula is C26H12F32N2O2. The van der Waals surface area contributed by atoms with E-state index in [1.54, 1.807) is 0 Å². The first-order valence-corrected chi connectivity index (χ1v) is 14.4. The largest absolute Gasteiger partial charge is 0.392 e. The van der Waals surface area contributed by atoms with Gasteiger partial charge in [-0.05, 0) is 11.1 Å². The molecule has 0 atom stereocenters. The summed E-state index contributed by atoms with van der Waals surface area (Å²) in [6.45, 7) is -3.65. The second kappa shape index (κ2) is 15.9. The summed E-state index contributed by atoms with van der Waals surface area (Å²) in [5.74, 6) is -125. The number of amides is 2. The average molecular weight is 992 g/mol. The van der Waals surface area contributed by atoms with Crippen molar-refractivity contribution in [2.45, 2.75) is 109 Å². The fraction of sp³-hybridized carbons (Fsp3) is 0.692. The van der Waals surface area contributed by atoms with Gasteiger partial charge in [0, 0.05) is 13.1 Å². The lowest BCUT2D eigenvalue weighted by atomic mass is 9.89. The third kappa shape index (κ3) is 7.71. The number of rotatable bonds is 20. The van der Waals surface area contributed by atoms with E-state index in [0.717, 1.165) is 0 Å². The minimum absolute atomic E-state index is 0.242. The summed E-state index contributed by atoms with van der Waals surface area (Å²) in [5.41, 5.74) is -1.86. The number of halogens is 32. The second-order valence-electron chi connectivity index (χ2n) is 11.9. The normalized spacial score (nSPS) is 15.6. The fourth-order valence-electron chi connectivity index (χ4n) is 3.92. The van der Waals surface area contributed by atoms with Gasteiger partial charge in [-0.15, -0.1) is 0 Å². The number of alkyl halides is 32. The van der Waals surface area contributed by atoms with Gasteiger partial charge < -0.3 is 10.6 Å². The average Bonchev–Trinajstić information content (AvgIpc) is 3.11. The van der Waals surface area contributed by atoms with Gasteiger partial charge in [-0.1, -0.05) is 24.3 Å². The highest BCUT2D eigenvalue weighted by Crippen LogP contribution is 2.64. The zero-order chi connectivity index (χ0) is 50.1. The van der Waals surface area contributed by atoms with Gasteiger partial charge in [0.1, 0.15) is 0 Å². The Morgan fingerprint density at radius 2 is 0.516 bits per heavy atom. The molecule has 2 N–H and O–H groups in total. The highest BCUT2D eigenvalue weighted by molar-refractivity contribution is 5.85. The molecule has 36 heteroatoms. The van der Waals surface area contributed by atoms with Crippen molar-refractivity contribution < 1.29 is 150 Å². The van der Waals surface area contributed by atoms with E-state index in [1.807, 2.05) is 0 Å². The van der Waals surface area contributed by atoms with Gasteiger partial charge in [0.2, 0.25) is 0 Å². The molecule has 0 saturated heterocycles. The van der Waals surface area contributed by atoms with E-state index in [1.165, 1.54) is 0 Å². The molecule has 0 heterocycles. The number of benzene rings is 1. The molecule has 0 aromatic heterocycles. The smallest absolute Gasteiger partial charge is 0.347 e. The summed E-state index contributed by atoms with van der Waals surface area (Å²) < 4.78 is 430. The van der Waals surface area contributed by atoms with E-state index in [0.29, 0.717) is 10.6 Å². The van der Waals surface area contributed by atoms with Crippen LogP contribution >= 0.6 is 0 Å². The molecule has 62 heavy (non-hydrogen) atoms. The number of carbonyl (C=O) groups is 2. The summed E-state index contributed by atoms with van der Waals surface area (Å²) in [5, 5.41) is 0.955. The van der Waals surface area contributed by atoms with Gasteiger partial charge in [0.15, 0.2) is 0 Å². The minimum Gasteiger partial charge on any atom is -0.347 e. The summed E-state index contributed by atoms with van der Waals surface area (Å²) >= 11 is 0. The highest BCUT2D eigenvalue weighted by atomic mass is 19.4. The maximum Gasteiger partial charge on any atom is 0.392 e. The van der Waals surface area contributed by atoms with Crippen molar-refractivity contribution in [2.75, 3.05) is 0 Å². The van der Waals surface area contributed by atoms with Crippen molar-refractivity contribution in [2.24, 2.45) is 0 Å². The minimum atomic E-state index is -8.86. The standard InChI is InChI=1S/C26H12F32N2O2/c27-9(28)13(31,32)17(39,40)21(47,48)25(55,56)23(51,52)19(43,44)15(35,36)11(61)59-5-7-1-2-8(4-3-7)6-60-12(62)16(37,38)20(45,46)24(53,54)26(57,58)22(49,50)18(41,42)14(33,34)10(29)30/h1-4,9-10H,5-6H2,(H,59,61)(H,60,62). The van der Waals surface area contributed by atoms with Crippen LogP contribution in [0.1, 0.15) is 11.1 Å². The third-order valence-corrected chi connectivity index (χ3v) is 7.83. The Balaban J connectivity index is 3.28. The Morgan fingerprint density at radius 1 is 0.339 bits per heavy atom. The number of hydrogen-bond donors (Lipinski definition) is 2. The van der Waals surface area contributed by atoms with Gasteiger partial charge in [-0.2, -0.15) is 123 Å². The van der Waals surface area contributed by atoms with Crippen LogP contribution in [0.3, 0.4) is 0 Å². The van der Waals surface area contributed by atoms with Crippen LogP contribution in [0, 0.1) is 0 Å². The van der Waals surface area contributed by atoms with Crippen molar-refractivity contribution in [1.29, 1.82) is 0 Å². The third-order valence-electron chi connectivity index (χ3n) is 7.83. The van der Waals surface area contributed by atoms with E-state index in [9.17, 15) is 150 Å². The van der Waals surface area contributed by atoms with E-state index >= 15 is 0 Å². The lowest BCUT2D eigenvalue weighted by Gasteiger charge is -2.42. The quantitative estimate of drug-likeness (QED) is 0.128. The zero-order valence-corrected chi connectivity index (χ0v) is 27.8. The Labute approximate surface area is 317 Å². The van der Waals surface area contributed by atoms with Crippen molar-refractivity contribution in [3.05, 3.63) is 35.4 Å². The van der Waals surface area contributed by atoms with Crippen molar-refractivity contribution in [3.63, 3.8) is 0 Å². The molecule has 0 aliphatic rings. The van der Waals surface area contributed by atoms with Crippen LogP contribution in [0.15, 0.2) is 24.3 Å². The summed E-state index contributed by atoms with van der Waals surface area (Å²) in [6.07, 6.45) is -12.3. The van der Waals surface area contributed by atoms with Crippen LogP contribution < -0.4 is 10.6 Å². The van der Waals surface area contributed by atoms with Crippen LogP contribution in [0.2, 0.25) is 0 Å². The van der Waals surface area contributed by atoms with E-state index < -0.39 is 132 Å². The summed E-state index contributed by atoms with van der Waals surface area (Å²) in [6, 6.07) is 0.966. The molecule has 1 aromatic rings. The van der Waals surface area contributed by atoms with Crippen molar-refractivity contribution in [3.8, 4) is 0 Å². The van der Waals surface area contributed by atoms with Gasteiger partial charge in [0.05, 0.1) is 0 Å². The molecule has 0 spiro atoms. The SMILES string of the molecule is O=C(NCc1ccc(CNC(=O)C(F)(F)C(F)(F)C(F)(F)C(F)(F)C(F)(F)C(F)(F)C(F)(F)C(F)F)cc1)C(F)(F)C(F)(F)C(F)(F)C(F)(F)C(F)(F)C(F)(F)C(F)(F)C(F)F. The maximum atomic E-state index is 14.1. The Hall–Kier alpha value is -4.08. The summed E-state index contributed by atoms with van der Waals surface area (Å²) in [7, 11) is 0. The molecule has 0 aliphatic heterocycles. The van der Waals surface area contributed by atoms with Gasteiger partial charge in [-0.25, -0.2) is 17.6 Å². The molecule has 0 fully saturated rings. The number of carbonyl (C=O) groups excluding carboxylic acids is 2. The Bertz CT molecular complexity index is 1640. The molecule has 0 bridgehead atoms. The molecule has 4 nitrogen and oxygen atoms in total. The molecule has 0 unspecified atom stereocenters. The van der Waals surface area contributed by atoms with E-state index in [4.69, 9.17) is 0 Å². The molecule has 0 radical (unpaired) electrons. The van der Waals surface area contributed by atoms with Gasteiger partial charge >= 0.3 is 95.8 Å². The first-order chi connectivity index (χ1) is 26.9. The molecule has 1 rings (SSSR count). The van der Waals surface area contributed by atoms with Crippen LogP contribution in [-0.2, 0) is 22.7 Å². The van der Waals surface area contributed by atoms with Crippen molar-refractivity contribution >= 4 is 11.8 Å². The molecular weight excluding hydrogens is 980 g/mol. The van der Waals surface area contributed by atoms with Gasteiger partial charge in [-0.3, -0.25) is 9.59 Å². The van der Waals surface area contributed by atoms with Crippen LogP contribution in [0.5, 0.6) is 0 Å². The summed E-state index contributed by atoms with van der Waals surface area (Å²) in [4.78, 5) is 23.2. The van der Waals surface area contributed by atoms with Crippen LogP contribution in [-0.4, -0.2) is 108 Å². The van der Waals surface area contributed by atoms with E-state index in [-0.39, 0.29) is 24.3 Å². The van der Waals surface area contributed by atoms with Crippen LogP contribution in [0.25, 0.3) is 0 Å². The van der Waals surface area contributed by atoms with Gasteiger partial charge in [0.25, 0.3) is 11.8 Å². The lowest BCUT2D eigenvalue weighted by molar-refractivity contribution is -0.443.